The predicted octanol–water partition coefficient (Wildman–Crippen LogP) is 7.93. The lowest BCUT2D eigenvalue weighted by Gasteiger charge is -2.39. The first-order valence-corrected chi connectivity index (χ1v) is 19.8. The Hall–Kier alpha value is -3.96. The van der Waals surface area contributed by atoms with Crippen molar-refractivity contribution in [2.24, 2.45) is 0 Å². The van der Waals surface area contributed by atoms with Crippen LogP contribution in [0.25, 0.3) is 11.3 Å². The zero-order chi connectivity index (χ0) is 37.2. The van der Waals surface area contributed by atoms with Crippen LogP contribution in [0.2, 0.25) is 23.2 Å². The Morgan fingerprint density at radius 3 is 2.46 bits per heavy atom. The van der Waals surface area contributed by atoms with Crippen molar-refractivity contribution in [3.8, 4) is 23.2 Å². The van der Waals surface area contributed by atoms with E-state index in [1.807, 2.05) is 38.8 Å². The summed E-state index contributed by atoms with van der Waals surface area (Å²) < 4.78 is 23.3. The minimum absolute atomic E-state index is 0.0116. The van der Waals surface area contributed by atoms with Crippen LogP contribution in [0.3, 0.4) is 0 Å². The monoisotopic (exact) mass is 723 g/mol. The van der Waals surface area contributed by atoms with E-state index in [1.54, 1.807) is 36.4 Å². The number of halogens is 1. The average Bonchev–Trinajstić information content (AvgIpc) is 3.34. The predicted molar refractivity (Wildman–Crippen MR) is 200 cm³/mol. The van der Waals surface area contributed by atoms with Crippen LogP contribution in [0.15, 0.2) is 30.5 Å². The first-order chi connectivity index (χ1) is 23.2. The second-order valence-electron chi connectivity index (χ2n) is 15.4. The van der Waals surface area contributed by atoms with Crippen molar-refractivity contribution in [1.29, 1.82) is 5.26 Å². The summed E-state index contributed by atoms with van der Waals surface area (Å²) in [5, 5.41) is 14.0. The number of hydrogen-bond donors (Lipinski definition) is 1. The van der Waals surface area contributed by atoms with E-state index in [-0.39, 0.29) is 11.0 Å². The van der Waals surface area contributed by atoms with Crippen LogP contribution >= 0.6 is 11.6 Å². The van der Waals surface area contributed by atoms with Crippen LogP contribution in [-0.4, -0.2) is 82.5 Å². The number of nitriles is 1. The second kappa shape index (κ2) is 14.7. The van der Waals surface area contributed by atoms with Crippen molar-refractivity contribution in [3.05, 3.63) is 46.6 Å². The van der Waals surface area contributed by atoms with Crippen molar-refractivity contribution in [2.45, 2.75) is 77.6 Å². The number of amides is 1. The molecular weight excluding hydrogens is 674 g/mol. The summed E-state index contributed by atoms with van der Waals surface area (Å²) in [5.74, 6) is 1.13. The third-order valence-electron chi connectivity index (χ3n) is 9.14. The van der Waals surface area contributed by atoms with Crippen LogP contribution in [0.5, 0.6) is 5.88 Å². The SMILES string of the molecule is COCCN(C)c1nc(OC)c(Nc2nccc(-c3cc(C#N)c4c(c3)[C@@](C)(CO[Si](C)(C)C(C)(C)C)CN4C(=O)OC(C)(C)C)n2)cc1Cl. The quantitative estimate of drug-likeness (QED) is 0.193. The minimum Gasteiger partial charge on any atom is -0.479 e. The third-order valence-corrected chi connectivity index (χ3v) is 13.9. The van der Waals surface area contributed by atoms with Crippen LogP contribution < -0.4 is 19.9 Å². The highest BCUT2D eigenvalue weighted by Crippen LogP contribution is 2.47. The van der Waals surface area contributed by atoms with Gasteiger partial charge in [0, 0.05) is 51.0 Å². The van der Waals surface area contributed by atoms with E-state index in [9.17, 15) is 10.1 Å². The summed E-state index contributed by atoms with van der Waals surface area (Å²) in [5.41, 5.74) is 2.06. The minimum atomic E-state index is -2.16. The highest BCUT2D eigenvalue weighted by molar-refractivity contribution is 6.74. The van der Waals surface area contributed by atoms with E-state index < -0.39 is 25.4 Å². The van der Waals surface area contributed by atoms with Gasteiger partial charge in [-0.05, 0) is 68.7 Å². The van der Waals surface area contributed by atoms with Crippen LogP contribution in [0, 0.1) is 11.3 Å². The Kier molecular flexibility index (Phi) is 11.4. The van der Waals surface area contributed by atoms with E-state index in [1.165, 1.54) is 7.11 Å². The second-order valence-corrected chi connectivity index (χ2v) is 20.6. The molecule has 0 saturated heterocycles. The van der Waals surface area contributed by atoms with Crippen molar-refractivity contribution < 1.29 is 23.4 Å². The van der Waals surface area contributed by atoms with Crippen LogP contribution in [0.1, 0.15) is 59.6 Å². The van der Waals surface area contributed by atoms with Gasteiger partial charge in [0.1, 0.15) is 17.4 Å². The molecule has 1 atom stereocenters. The number of nitrogens with zero attached hydrogens (tertiary/aromatic N) is 6. The van der Waals surface area contributed by atoms with Crippen molar-refractivity contribution in [3.63, 3.8) is 0 Å². The lowest BCUT2D eigenvalue weighted by atomic mass is 9.83. The molecule has 2 aromatic heterocycles. The number of rotatable bonds is 11. The largest absolute Gasteiger partial charge is 0.479 e. The van der Waals surface area contributed by atoms with Gasteiger partial charge in [-0.2, -0.15) is 10.2 Å². The maximum Gasteiger partial charge on any atom is 0.414 e. The molecule has 4 rings (SSSR count). The van der Waals surface area contributed by atoms with Gasteiger partial charge in [0.25, 0.3) is 0 Å². The number of fused-ring (bicyclic) bond motifs is 1. The summed E-state index contributed by atoms with van der Waals surface area (Å²) in [6, 6.07) is 9.55. The fraction of sp³-hybridized carbons (Fsp3) is 0.528. The highest BCUT2D eigenvalue weighted by Gasteiger charge is 2.47. The van der Waals surface area contributed by atoms with Gasteiger partial charge < -0.3 is 28.9 Å². The standard InChI is InChI=1S/C36H50ClN7O5Si/c1-34(2,3)49-33(45)44-21-36(7,22-48-50(11,12)35(4,5)6)25-18-23(17-24(20-38)29(25)44)27-13-14-39-32(40-27)41-28-19-26(37)30(42-31(28)47-10)43(8)15-16-46-9/h13-14,17-19H,15-16,21-22H2,1-12H3,(H,39,40,41)/t36-/m1/s1. The van der Waals surface area contributed by atoms with E-state index in [0.29, 0.717) is 71.2 Å². The Morgan fingerprint density at radius 1 is 1.16 bits per heavy atom. The van der Waals surface area contributed by atoms with E-state index >= 15 is 0 Å². The Morgan fingerprint density at radius 2 is 1.86 bits per heavy atom. The molecule has 1 amide bonds. The average molecular weight is 724 g/mol. The van der Waals surface area contributed by atoms with Gasteiger partial charge in [0.05, 0.1) is 35.7 Å². The maximum atomic E-state index is 13.6. The maximum absolute atomic E-state index is 13.6. The molecule has 14 heteroatoms. The number of ether oxygens (including phenoxy) is 3. The molecule has 0 radical (unpaired) electrons. The highest BCUT2D eigenvalue weighted by atomic mass is 35.5. The summed E-state index contributed by atoms with van der Waals surface area (Å²) >= 11 is 6.63. The molecule has 3 heterocycles. The summed E-state index contributed by atoms with van der Waals surface area (Å²) in [4.78, 5) is 30.9. The summed E-state index contributed by atoms with van der Waals surface area (Å²) in [6.45, 7) is 20.3. The fourth-order valence-corrected chi connectivity index (χ4v) is 6.70. The first-order valence-electron chi connectivity index (χ1n) is 16.5. The number of likely N-dealkylation sites (N-methyl/N-ethyl adjacent to an activating group) is 1. The number of hydrogen-bond acceptors (Lipinski definition) is 11. The Balaban J connectivity index is 1.76. The molecule has 1 aliphatic rings. The van der Waals surface area contributed by atoms with Gasteiger partial charge >= 0.3 is 6.09 Å². The molecule has 1 aromatic carbocycles. The van der Waals surface area contributed by atoms with E-state index in [4.69, 9.17) is 35.2 Å². The lowest BCUT2D eigenvalue weighted by Crippen LogP contribution is -2.46. The summed E-state index contributed by atoms with van der Waals surface area (Å²) in [7, 11) is 2.87. The lowest BCUT2D eigenvalue weighted by molar-refractivity contribution is 0.0575. The molecule has 270 valence electrons. The molecule has 0 saturated carbocycles. The molecule has 12 nitrogen and oxygen atoms in total. The number of pyridine rings is 1. The first kappa shape index (κ1) is 38.8. The third kappa shape index (κ3) is 8.49. The van der Waals surface area contributed by atoms with Gasteiger partial charge in [0.2, 0.25) is 11.8 Å². The smallest absolute Gasteiger partial charge is 0.414 e. The van der Waals surface area contributed by atoms with Gasteiger partial charge in [-0.1, -0.05) is 39.3 Å². The molecule has 0 fully saturated rings. The number of carbonyl (C=O) groups is 1. The zero-order valence-corrected chi connectivity index (χ0v) is 33.1. The van der Waals surface area contributed by atoms with Crippen molar-refractivity contribution in [1.82, 2.24) is 15.0 Å². The van der Waals surface area contributed by atoms with Gasteiger partial charge in [0.15, 0.2) is 14.1 Å². The molecule has 50 heavy (non-hydrogen) atoms. The van der Waals surface area contributed by atoms with Crippen LogP contribution in [-0.2, 0) is 19.3 Å². The molecule has 3 aromatic rings. The number of benzene rings is 1. The topological polar surface area (TPSA) is 135 Å². The van der Waals surface area contributed by atoms with Crippen LogP contribution in [0.4, 0.5) is 27.9 Å². The van der Waals surface area contributed by atoms with Gasteiger partial charge in [-0.3, -0.25) is 4.90 Å². The molecular formula is C36H50ClN7O5Si. The molecule has 0 bridgehead atoms. The van der Waals surface area contributed by atoms with Gasteiger partial charge in [-0.25, -0.2) is 14.8 Å². The number of anilines is 4. The molecule has 1 N–H and O–H groups in total. The van der Waals surface area contributed by atoms with Gasteiger partial charge in [-0.15, -0.1) is 0 Å². The Bertz CT molecular complexity index is 1770. The number of carbonyl (C=O) groups excluding carboxylic acids is 1. The molecule has 1 aliphatic heterocycles. The van der Waals surface area contributed by atoms with E-state index in [0.717, 1.165) is 5.56 Å². The normalized spacial score (nSPS) is 16.1. The molecule has 0 unspecified atom stereocenters. The molecule has 0 spiro atoms. The number of aromatic nitrogens is 3. The van der Waals surface area contributed by atoms with Crippen molar-refractivity contribution >= 4 is 49.2 Å². The number of nitrogens with one attached hydrogen (secondary N) is 1. The zero-order valence-electron chi connectivity index (χ0n) is 31.3. The Labute approximate surface area is 302 Å². The number of methoxy groups -OCH3 is 2. The van der Waals surface area contributed by atoms with E-state index in [2.05, 4.69) is 62.1 Å². The summed E-state index contributed by atoms with van der Waals surface area (Å²) in [6.07, 6.45) is 1.12. The van der Waals surface area contributed by atoms with Crippen molar-refractivity contribution in [2.75, 3.05) is 62.7 Å². The molecule has 0 aliphatic carbocycles. The fourth-order valence-electron chi connectivity index (χ4n) is 5.29.